The fourth-order valence-electron chi connectivity index (χ4n) is 2.71. The van der Waals surface area contributed by atoms with Gasteiger partial charge in [-0.1, -0.05) is 57.2 Å². The normalized spacial score (nSPS) is 13.6. The second kappa shape index (κ2) is 7.08. The summed E-state index contributed by atoms with van der Waals surface area (Å²) >= 11 is 0. The van der Waals surface area contributed by atoms with Crippen LogP contribution >= 0.6 is 0 Å². The van der Waals surface area contributed by atoms with Gasteiger partial charge in [0.2, 0.25) is 0 Å². The average Bonchev–Trinajstić information content (AvgIpc) is 2.49. The lowest BCUT2D eigenvalue weighted by atomic mass is 9.79. The lowest BCUT2D eigenvalue weighted by Crippen LogP contribution is -2.21. The zero-order chi connectivity index (χ0) is 17.0. The summed E-state index contributed by atoms with van der Waals surface area (Å²) in [5.41, 5.74) is 1.56. The van der Waals surface area contributed by atoms with Crippen molar-refractivity contribution in [2.45, 2.75) is 34.1 Å². The summed E-state index contributed by atoms with van der Waals surface area (Å²) in [5, 5.41) is 2.17. The Bertz CT molecular complexity index is 722. The third kappa shape index (κ3) is 4.28. The molecule has 0 bridgehead atoms. The van der Waals surface area contributed by atoms with E-state index >= 15 is 0 Å². The van der Waals surface area contributed by atoms with Gasteiger partial charge in [0.05, 0.1) is 6.67 Å². The van der Waals surface area contributed by atoms with E-state index in [1.165, 1.54) is 0 Å². The van der Waals surface area contributed by atoms with E-state index in [4.69, 9.17) is 0 Å². The second-order valence-electron chi connectivity index (χ2n) is 7.20. The molecule has 1 atom stereocenters. The maximum atomic E-state index is 13.2. The monoisotopic (exact) mass is 312 g/mol. The molecule has 0 aromatic heterocycles. The Balaban J connectivity index is 2.33. The number of alkyl halides is 1. The van der Waals surface area contributed by atoms with Gasteiger partial charge < -0.3 is 0 Å². The molecule has 0 amide bonds. The summed E-state index contributed by atoms with van der Waals surface area (Å²) in [6.07, 6.45) is 4.62. The van der Waals surface area contributed by atoms with Crippen LogP contribution in [-0.4, -0.2) is 12.5 Å². The van der Waals surface area contributed by atoms with E-state index in [0.29, 0.717) is 12.0 Å². The molecule has 122 valence electrons. The first kappa shape index (κ1) is 17.4. The summed E-state index contributed by atoms with van der Waals surface area (Å²) in [6.45, 7) is 7.43. The Kier molecular flexibility index (Phi) is 5.35. The van der Waals surface area contributed by atoms with Crippen molar-refractivity contribution in [1.29, 1.82) is 0 Å². The van der Waals surface area contributed by atoms with Gasteiger partial charge in [-0.3, -0.25) is 9.18 Å². The number of hydrogen-bond acceptors (Lipinski definition) is 1. The quantitative estimate of drug-likeness (QED) is 0.612. The molecule has 2 rings (SSSR count). The smallest absolute Gasteiger partial charge is 0.160 e. The summed E-state index contributed by atoms with van der Waals surface area (Å²) in [5.74, 6) is 0.0354. The summed E-state index contributed by atoms with van der Waals surface area (Å²) in [6, 6.07) is 12.0. The Hall–Kier alpha value is -1.96. The number of Topliss-reactive ketones (excluding diaryl/α,β-unsaturated/α-hetero) is 1. The van der Waals surface area contributed by atoms with Crippen LogP contribution in [0, 0.1) is 11.3 Å². The van der Waals surface area contributed by atoms with E-state index < -0.39 is 0 Å². The highest BCUT2D eigenvalue weighted by Gasteiger charge is 2.23. The molecule has 0 spiro atoms. The molecule has 2 aromatic rings. The fourth-order valence-corrected chi connectivity index (χ4v) is 2.71. The molecule has 0 aliphatic heterocycles. The molecule has 0 heterocycles. The average molecular weight is 312 g/mol. The van der Waals surface area contributed by atoms with Crippen LogP contribution in [-0.2, 0) is 0 Å². The topological polar surface area (TPSA) is 17.1 Å². The van der Waals surface area contributed by atoms with Crippen molar-refractivity contribution in [1.82, 2.24) is 0 Å². The van der Waals surface area contributed by atoms with E-state index in [9.17, 15) is 9.18 Å². The first-order chi connectivity index (χ1) is 10.8. The highest BCUT2D eigenvalue weighted by Crippen LogP contribution is 2.30. The molecule has 0 saturated heterocycles. The number of allylic oxidation sites excluding steroid dienone is 1. The van der Waals surface area contributed by atoms with Crippen molar-refractivity contribution in [3.05, 3.63) is 53.6 Å². The number of fused-ring (bicyclic) bond motifs is 1. The maximum Gasteiger partial charge on any atom is 0.160 e. The van der Waals surface area contributed by atoms with Gasteiger partial charge in [-0.15, -0.1) is 0 Å². The van der Waals surface area contributed by atoms with Gasteiger partial charge in [0.1, 0.15) is 0 Å². The molecule has 0 fully saturated rings. The van der Waals surface area contributed by atoms with Gasteiger partial charge >= 0.3 is 0 Å². The molecule has 0 aliphatic carbocycles. The minimum absolute atomic E-state index is 0.0139. The largest absolute Gasteiger partial charge is 0.294 e. The Morgan fingerprint density at radius 1 is 1.17 bits per heavy atom. The fraction of sp³-hybridized carbons (Fsp3) is 0.381. The van der Waals surface area contributed by atoms with Gasteiger partial charge in [0.15, 0.2) is 5.78 Å². The predicted octanol–water partition coefficient (Wildman–Crippen LogP) is 6.08. The van der Waals surface area contributed by atoms with Crippen LogP contribution in [0.1, 0.15) is 50.0 Å². The molecule has 1 nitrogen and oxygen atoms in total. The van der Waals surface area contributed by atoms with Gasteiger partial charge in [-0.05, 0) is 53.1 Å². The van der Waals surface area contributed by atoms with Crippen LogP contribution in [0.4, 0.5) is 4.39 Å². The van der Waals surface area contributed by atoms with Gasteiger partial charge in [-0.25, -0.2) is 0 Å². The number of rotatable bonds is 5. The van der Waals surface area contributed by atoms with Crippen LogP contribution in [0.25, 0.3) is 16.8 Å². The van der Waals surface area contributed by atoms with Gasteiger partial charge in [0.25, 0.3) is 0 Å². The minimum Gasteiger partial charge on any atom is -0.294 e. The van der Waals surface area contributed by atoms with Gasteiger partial charge in [-0.2, -0.15) is 0 Å². The van der Waals surface area contributed by atoms with Crippen LogP contribution in [0.15, 0.2) is 42.5 Å². The molecule has 0 radical (unpaired) electrons. The van der Waals surface area contributed by atoms with Crippen LogP contribution in [0.5, 0.6) is 0 Å². The summed E-state index contributed by atoms with van der Waals surface area (Å²) in [4.78, 5) is 11.9. The van der Waals surface area contributed by atoms with Crippen molar-refractivity contribution >= 4 is 22.6 Å². The zero-order valence-electron chi connectivity index (χ0n) is 14.4. The standard InChI is InChI=1S/C21H25FO/c1-15(23)20-13-17-9-6-5-8-16(17)12-18(20)10-7-11-19(14-22)21(2,3)4/h5-10,12-13,19H,11,14H2,1-4H3/b10-7+. The van der Waals surface area contributed by atoms with Crippen molar-refractivity contribution < 1.29 is 9.18 Å². The Labute approximate surface area is 138 Å². The third-order valence-electron chi connectivity index (χ3n) is 4.43. The van der Waals surface area contributed by atoms with Crippen LogP contribution < -0.4 is 0 Å². The summed E-state index contributed by atoms with van der Waals surface area (Å²) in [7, 11) is 0. The van der Waals surface area contributed by atoms with E-state index in [1.54, 1.807) is 6.92 Å². The number of halogens is 1. The van der Waals surface area contributed by atoms with Gasteiger partial charge in [0, 0.05) is 5.56 Å². The van der Waals surface area contributed by atoms with E-state index in [1.807, 2.05) is 48.6 Å². The summed E-state index contributed by atoms with van der Waals surface area (Å²) < 4.78 is 13.2. The van der Waals surface area contributed by atoms with Crippen LogP contribution in [0.3, 0.4) is 0 Å². The first-order valence-corrected chi connectivity index (χ1v) is 8.09. The molecule has 2 aromatic carbocycles. The molecular weight excluding hydrogens is 287 g/mol. The predicted molar refractivity (Wildman–Crippen MR) is 96.5 cm³/mol. The number of hydrogen-bond donors (Lipinski definition) is 0. The van der Waals surface area contributed by atoms with E-state index in [0.717, 1.165) is 16.3 Å². The number of ketones is 1. The Morgan fingerprint density at radius 2 is 1.78 bits per heavy atom. The molecule has 23 heavy (non-hydrogen) atoms. The van der Waals surface area contributed by atoms with E-state index in [2.05, 4.69) is 20.8 Å². The SMILES string of the molecule is CC(=O)c1cc2ccccc2cc1/C=C/CC(CF)C(C)(C)C. The minimum atomic E-state index is -0.328. The first-order valence-electron chi connectivity index (χ1n) is 8.09. The van der Waals surface area contributed by atoms with Crippen molar-refractivity contribution in [3.63, 3.8) is 0 Å². The lowest BCUT2D eigenvalue weighted by Gasteiger charge is -2.27. The molecule has 0 saturated carbocycles. The number of benzene rings is 2. The maximum absolute atomic E-state index is 13.2. The molecule has 1 unspecified atom stereocenters. The zero-order valence-corrected chi connectivity index (χ0v) is 14.4. The highest BCUT2D eigenvalue weighted by atomic mass is 19.1. The van der Waals surface area contributed by atoms with Crippen molar-refractivity contribution in [3.8, 4) is 0 Å². The van der Waals surface area contributed by atoms with E-state index in [-0.39, 0.29) is 23.8 Å². The molecule has 2 heteroatoms. The number of carbonyl (C=O) groups excluding carboxylic acids is 1. The highest BCUT2D eigenvalue weighted by molar-refractivity contribution is 6.02. The Morgan fingerprint density at radius 3 is 2.30 bits per heavy atom. The van der Waals surface area contributed by atoms with Crippen molar-refractivity contribution in [2.75, 3.05) is 6.67 Å². The van der Waals surface area contributed by atoms with Crippen LogP contribution in [0.2, 0.25) is 0 Å². The molecule has 0 N–H and O–H groups in total. The number of carbonyl (C=O) groups is 1. The molecular formula is C21H25FO. The third-order valence-corrected chi connectivity index (χ3v) is 4.43. The molecule has 0 aliphatic rings. The second-order valence-corrected chi connectivity index (χ2v) is 7.20. The lowest BCUT2D eigenvalue weighted by molar-refractivity contribution is 0.101. The van der Waals surface area contributed by atoms with Crippen molar-refractivity contribution in [2.24, 2.45) is 11.3 Å².